The Kier molecular flexibility index (Phi) is 7.30. The zero-order valence-corrected chi connectivity index (χ0v) is 24.2. The number of aliphatic hydroxyl groups is 1. The number of halogens is 1. The molecule has 1 aromatic rings. The van der Waals surface area contributed by atoms with E-state index in [2.05, 4.69) is 0 Å². The molecule has 0 bridgehead atoms. The number of fused-ring (bicyclic) bond motifs is 5. The smallest absolute Gasteiger partial charge is 0.438 e. The van der Waals surface area contributed by atoms with Gasteiger partial charge in [0.15, 0.2) is 11.4 Å². The van der Waals surface area contributed by atoms with Crippen LogP contribution in [0.1, 0.15) is 46.0 Å². The molecular weight excluding hydrogens is 560 g/mol. The first-order chi connectivity index (χ1) is 18.8. The van der Waals surface area contributed by atoms with Crippen LogP contribution in [0.3, 0.4) is 0 Å². The average molecular weight is 593 g/mol. The maximum Gasteiger partial charge on any atom is 0.509 e. The molecule has 3 saturated carbocycles. The van der Waals surface area contributed by atoms with E-state index in [1.165, 1.54) is 24.3 Å². The van der Waals surface area contributed by atoms with Crippen molar-refractivity contribution in [3.8, 4) is 0 Å². The molecule has 4 aliphatic carbocycles. The van der Waals surface area contributed by atoms with Crippen molar-refractivity contribution in [2.24, 2.45) is 28.6 Å². The molecule has 216 valence electrons. The minimum absolute atomic E-state index is 0.0246. The van der Waals surface area contributed by atoms with E-state index < -0.39 is 51.2 Å². The van der Waals surface area contributed by atoms with Gasteiger partial charge in [-0.05, 0) is 80.4 Å². The lowest BCUT2D eigenvalue weighted by Gasteiger charge is -2.59. The summed E-state index contributed by atoms with van der Waals surface area (Å²) in [6.45, 7) is 3.01. The third kappa shape index (κ3) is 4.44. The van der Waals surface area contributed by atoms with Gasteiger partial charge < -0.3 is 14.6 Å². The maximum absolute atomic E-state index is 13.9. The largest absolute Gasteiger partial charge is 0.509 e. The van der Waals surface area contributed by atoms with Crippen molar-refractivity contribution in [3.63, 3.8) is 0 Å². The standard InChI is InChI=1S/C29H33ClO9S/c1-27-12-10-19(31)14-17(27)4-9-21-22-11-13-29(39-26(34)37-3,28(22,2)15-23(32)25(21)27)24(33)16-38-40(35,36)20-7-5-18(30)6-8-20/h5-8,10,12,14,21-23,25,32H,4,9,11,13,15-16H2,1-3H3/t21-,22-,23?,25+,27-,28-,29-/m0/s1. The Balaban J connectivity index is 1.47. The minimum Gasteiger partial charge on any atom is -0.438 e. The van der Waals surface area contributed by atoms with Crippen LogP contribution in [0, 0.1) is 28.6 Å². The van der Waals surface area contributed by atoms with Crippen molar-refractivity contribution < 1.29 is 41.6 Å². The summed E-state index contributed by atoms with van der Waals surface area (Å²) in [4.78, 5) is 38.3. The van der Waals surface area contributed by atoms with Gasteiger partial charge in [-0.2, -0.15) is 8.42 Å². The summed E-state index contributed by atoms with van der Waals surface area (Å²) in [6.07, 6.45) is 5.33. The topological polar surface area (TPSA) is 133 Å². The fourth-order valence-electron chi connectivity index (χ4n) is 8.10. The van der Waals surface area contributed by atoms with Crippen molar-refractivity contribution in [1.29, 1.82) is 0 Å². The first-order valence-electron chi connectivity index (χ1n) is 13.3. The van der Waals surface area contributed by atoms with Crippen molar-refractivity contribution in [1.82, 2.24) is 0 Å². The van der Waals surface area contributed by atoms with Crippen LogP contribution < -0.4 is 0 Å². The Morgan fingerprint density at radius 1 is 1.15 bits per heavy atom. The summed E-state index contributed by atoms with van der Waals surface area (Å²) in [5, 5.41) is 12.0. The Hall–Kier alpha value is -2.53. The molecule has 1 unspecified atom stereocenters. The number of ether oxygens (including phenoxy) is 2. The molecule has 11 heteroatoms. The first-order valence-corrected chi connectivity index (χ1v) is 15.1. The fourth-order valence-corrected chi connectivity index (χ4v) is 9.09. The zero-order valence-electron chi connectivity index (χ0n) is 22.6. The second-order valence-corrected chi connectivity index (χ2v) is 13.8. The highest BCUT2D eigenvalue weighted by Crippen LogP contribution is 2.68. The monoisotopic (exact) mass is 592 g/mol. The third-order valence-corrected chi connectivity index (χ3v) is 11.5. The summed E-state index contributed by atoms with van der Waals surface area (Å²) in [6, 6.07) is 5.33. The highest BCUT2D eigenvalue weighted by atomic mass is 35.5. The predicted octanol–water partition coefficient (Wildman–Crippen LogP) is 4.41. The molecule has 4 aliphatic rings. The van der Waals surface area contributed by atoms with Gasteiger partial charge >= 0.3 is 6.16 Å². The number of ketones is 2. The van der Waals surface area contributed by atoms with Gasteiger partial charge in [0.1, 0.15) is 6.61 Å². The van der Waals surface area contributed by atoms with E-state index in [0.717, 1.165) is 12.7 Å². The second kappa shape index (κ2) is 10.1. The molecule has 1 N–H and O–H groups in total. The minimum atomic E-state index is -4.31. The zero-order chi connectivity index (χ0) is 29.1. The molecule has 3 fully saturated rings. The molecule has 1 aromatic carbocycles. The molecule has 9 nitrogen and oxygen atoms in total. The molecule has 0 amide bonds. The highest BCUT2D eigenvalue weighted by Gasteiger charge is 2.70. The summed E-state index contributed by atoms with van der Waals surface area (Å²) < 4.78 is 41.3. The van der Waals surface area contributed by atoms with E-state index >= 15 is 0 Å². The van der Waals surface area contributed by atoms with E-state index in [1.807, 2.05) is 19.9 Å². The molecule has 0 heterocycles. The van der Waals surface area contributed by atoms with E-state index in [0.29, 0.717) is 24.3 Å². The van der Waals surface area contributed by atoms with Crippen LogP contribution in [0.5, 0.6) is 0 Å². The lowest BCUT2D eigenvalue weighted by atomic mass is 9.46. The lowest BCUT2D eigenvalue weighted by molar-refractivity contribution is -0.182. The van der Waals surface area contributed by atoms with Crippen molar-refractivity contribution >= 4 is 39.4 Å². The summed E-state index contributed by atoms with van der Waals surface area (Å²) >= 11 is 5.86. The van der Waals surface area contributed by atoms with Crippen molar-refractivity contribution in [3.05, 3.63) is 53.1 Å². The van der Waals surface area contributed by atoms with Gasteiger partial charge in [-0.25, -0.2) is 4.79 Å². The second-order valence-electron chi connectivity index (χ2n) is 11.7. The van der Waals surface area contributed by atoms with Crippen LogP contribution in [0.15, 0.2) is 53.0 Å². The number of rotatable bonds is 6. The molecule has 0 radical (unpaired) electrons. The average Bonchev–Trinajstić information content (AvgIpc) is 3.19. The van der Waals surface area contributed by atoms with Crippen LogP contribution >= 0.6 is 11.6 Å². The predicted molar refractivity (Wildman–Crippen MR) is 144 cm³/mol. The van der Waals surface area contributed by atoms with Crippen LogP contribution in [0.4, 0.5) is 4.79 Å². The lowest BCUT2D eigenvalue weighted by Crippen LogP contribution is -2.63. The quantitative estimate of drug-likeness (QED) is 0.376. The van der Waals surface area contributed by atoms with Gasteiger partial charge in [0.25, 0.3) is 10.1 Å². The van der Waals surface area contributed by atoms with Crippen LogP contribution in [-0.4, -0.2) is 56.7 Å². The molecular formula is C29H33ClO9S. The molecule has 0 spiro atoms. The Morgan fingerprint density at radius 3 is 2.52 bits per heavy atom. The number of Topliss-reactive ketones (excluding diaryl/α,β-unsaturated/α-hetero) is 1. The van der Waals surface area contributed by atoms with Gasteiger partial charge in [0, 0.05) is 21.8 Å². The van der Waals surface area contributed by atoms with Gasteiger partial charge in [0.2, 0.25) is 5.78 Å². The number of benzene rings is 1. The number of carbonyl (C=O) groups is 3. The van der Waals surface area contributed by atoms with Crippen molar-refractivity contribution in [2.75, 3.05) is 13.7 Å². The Bertz CT molecular complexity index is 1400. The summed E-state index contributed by atoms with van der Waals surface area (Å²) in [5.41, 5.74) is -2.29. The van der Waals surface area contributed by atoms with E-state index in [-0.39, 0.29) is 41.3 Å². The molecule has 40 heavy (non-hydrogen) atoms. The van der Waals surface area contributed by atoms with Gasteiger partial charge in [-0.3, -0.25) is 13.8 Å². The SMILES string of the molecule is COC(=O)O[C@]1(C(=O)COS(=O)(=O)c2ccc(Cl)cc2)CC[C@H]2[C@@H]3CCC4=CC(=O)C=C[C@]4(C)[C@H]3C(O)C[C@@]21C. The molecule has 7 atom stereocenters. The van der Waals surface area contributed by atoms with Crippen LogP contribution in [0.25, 0.3) is 0 Å². The molecule has 0 aromatic heterocycles. The molecule has 5 rings (SSSR count). The number of carbonyl (C=O) groups excluding carboxylic acids is 3. The number of hydrogen-bond acceptors (Lipinski definition) is 9. The van der Waals surface area contributed by atoms with Gasteiger partial charge in [-0.15, -0.1) is 0 Å². The van der Waals surface area contributed by atoms with E-state index in [1.54, 1.807) is 12.2 Å². The first kappa shape index (κ1) is 29.0. The summed E-state index contributed by atoms with van der Waals surface area (Å²) in [7, 11) is -3.18. The van der Waals surface area contributed by atoms with E-state index in [4.69, 9.17) is 25.3 Å². The number of allylic oxidation sites excluding steroid dienone is 4. The van der Waals surface area contributed by atoms with Crippen molar-refractivity contribution in [2.45, 2.75) is 62.6 Å². The van der Waals surface area contributed by atoms with E-state index in [9.17, 15) is 27.9 Å². The van der Waals surface area contributed by atoms with Gasteiger partial charge in [0.05, 0.1) is 18.1 Å². The fraction of sp³-hybridized carbons (Fsp3) is 0.552. The number of hydrogen-bond donors (Lipinski definition) is 1. The third-order valence-electron chi connectivity index (χ3n) is 9.94. The Labute approximate surface area is 238 Å². The molecule has 0 aliphatic heterocycles. The number of aliphatic hydroxyl groups excluding tert-OH is 1. The van der Waals surface area contributed by atoms with Gasteiger partial charge in [-0.1, -0.05) is 37.1 Å². The highest BCUT2D eigenvalue weighted by molar-refractivity contribution is 7.86. The van der Waals surface area contributed by atoms with Crippen LogP contribution in [0.2, 0.25) is 5.02 Å². The summed E-state index contributed by atoms with van der Waals surface area (Å²) in [5.74, 6) is -1.11. The maximum atomic E-state index is 13.9. The normalized spacial score (nSPS) is 36.6. The number of methoxy groups -OCH3 is 1. The Morgan fingerprint density at radius 2 is 1.85 bits per heavy atom. The molecule has 0 saturated heterocycles. The van der Waals surface area contributed by atoms with Crippen LogP contribution in [-0.2, 0) is 33.4 Å².